The molecule has 0 aromatic rings. The zero-order valence-corrected chi connectivity index (χ0v) is 18.0. The standard InChI is InChI=1S/C18H32N6O8/c1-8(2)5-10(16(29)24-12(7-25)18(31)32)23-17(30)11(6-14(21)27)22-15(28)9(19)3-4-13(20)26/h8-12,25H,3-7,19H2,1-2H3,(H2,20,26)(H2,21,27)(H,22,28)(H,23,30)(H,24,29)(H,31,32). The SMILES string of the molecule is CC(C)CC(NC(=O)C(CC(N)=O)NC(=O)C(N)CCC(N)=O)C(=O)NC(CO)C(=O)O. The van der Waals surface area contributed by atoms with Crippen molar-refractivity contribution in [2.45, 2.75) is 63.7 Å². The molecule has 0 bridgehead atoms. The summed E-state index contributed by atoms with van der Waals surface area (Å²) in [5.41, 5.74) is 15.8. The summed E-state index contributed by atoms with van der Waals surface area (Å²) in [4.78, 5) is 70.6. The third-order valence-corrected chi connectivity index (χ3v) is 4.21. The van der Waals surface area contributed by atoms with E-state index in [1.807, 2.05) is 0 Å². The highest BCUT2D eigenvalue weighted by Gasteiger charge is 2.31. The molecule has 0 radical (unpaired) electrons. The lowest BCUT2D eigenvalue weighted by molar-refractivity contribution is -0.143. The minimum absolute atomic E-state index is 0.0880. The second-order valence-electron chi connectivity index (χ2n) is 7.62. The maximum atomic E-state index is 12.7. The van der Waals surface area contributed by atoms with Gasteiger partial charge in [0.25, 0.3) is 0 Å². The predicted molar refractivity (Wildman–Crippen MR) is 110 cm³/mol. The van der Waals surface area contributed by atoms with Crippen LogP contribution in [0.15, 0.2) is 0 Å². The number of amides is 5. The Morgan fingerprint density at radius 2 is 1.31 bits per heavy atom. The molecule has 0 aliphatic carbocycles. The summed E-state index contributed by atoms with van der Waals surface area (Å²) in [5, 5.41) is 24.8. The number of carboxylic acids is 1. The molecule has 0 saturated carbocycles. The number of carboxylic acid groups (broad SMARTS) is 1. The number of aliphatic hydroxyl groups is 1. The lowest BCUT2D eigenvalue weighted by atomic mass is 10.0. The molecular weight excluding hydrogens is 428 g/mol. The number of hydrogen-bond donors (Lipinski definition) is 8. The van der Waals surface area contributed by atoms with Crippen molar-refractivity contribution in [1.82, 2.24) is 16.0 Å². The molecule has 32 heavy (non-hydrogen) atoms. The molecule has 0 fully saturated rings. The number of aliphatic hydroxyl groups excluding tert-OH is 1. The van der Waals surface area contributed by atoms with Gasteiger partial charge in [-0.15, -0.1) is 0 Å². The molecule has 14 heteroatoms. The Hall–Kier alpha value is -3.26. The van der Waals surface area contributed by atoms with Crippen LogP contribution in [-0.2, 0) is 28.8 Å². The van der Waals surface area contributed by atoms with E-state index >= 15 is 0 Å². The molecule has 0 aromatic heterocycles. The largest absolute Gasteiger partial charge is 0.480 e. The number of carbonyl (C=O) groups excluding carboxylic acids is 5. The van der Waals surface area contributed by atoms with E-state index in [1.54, 1.807) is 13.8 Å². The first kappa shape index (κ1) is 28.7. The molecule has 5 amide bonds. The Bertz CT molecular complexity index is 714. The minimum Gasteiger partial charge on any atom is -0.480 e. The first-order valence-electron chi connectivity index (χ1n) is 9.85. The molecule has 0 aliphatic rings. The average molecular weight is 460 g/mol. The first-order chi connectivity index (χ1) is 14.8. The van der Waals surface area contributed by atoms with E-state index in [4.69, 9.17) is 27.4 Å². The van der Waals surface area contributed by atoms with E-state index in [0.29, 0.717) is 0 Å². The third-order valence-electron chi connectivity index (χ3n) is 4.21. The lowest BCUT2D eigenvalue weighted by Gasteiger charge is -2.25. The Kier molecular flexibility index (Phi) is 12.5. The first-order valence-corrected chi connectivity index (χ1v) is 9.85. The van der Waals surface area contributed by atoms with Crippen molar-refractivity contribution in [2.75, 3.05) is 6.61 Å². The number of rotatable bonds is 15. The highest BCUT2D eigenvalue weighted by atomic mass is 16.4. The van der Waals surface area contributed by atoms with Crippen molar-refractivity contribution < 1.29 is 39.0 Å². The highest BCUT2D eigenvalue weighted by Crippen LogP contribution is 2.07. The maximum absolute atomic E-state index is 12.7. The normalized spacial score (nSPS) is 14.5. The van der Waals surface area contributed by atoms with Gasteiger partial charge >= 0.3 is 5.97 Å². The molecular formula is C18H32N6O8. The molecule has 182 valence electrons. The van der Waals surface area contributed by atoms with Gasteiger partial charge in [-0.3, -0.25) is 24.0 Å². The van der Waals surface area contributed by atoms with Crippen molar-refractivity contribution in [3.63, 3.8) is 0 Å². The zero-order valence-electron chi connectivity index (χ0n) is 18.0. The van der Waals surface area contributed by atoms with Gasteiger partial charge in [0.1, 0.15) is 18.1 Å². The Morgan fingerprint density at radius 1 is 0.812 bits per heavy atom. The second kappa shape index (κ2) is 13.9. The number of nitrogens with one attached hydrogen (secondary N) is 3. The van der Waals surface area contributed by atoms with Crippen LogP contribution in [-0.4, -0.2) is 76.5 Å². The van der Waals surface area contributed by atoms with Crippen LogP contribution in [0.4, 0.5) is 0 Å². The van der Waals surface area contributed by atoms with Crippen molar-refractivity contribution in [3.05, 3.63) is 0 Å². The summed E-state index contributed by atoms with van der Waals surface area (Å²) in [5.74, 6) is -5.85. The molecule has 0 aromatic carbocycles. The molecule has 11 N–H and O–H groups in total. The summed E-state index contributed by atoms with van der Waals surface area (Å²) in [6, 6.07) is -5.48. The highest BCUT2D eigenvalue weighted by molar-refractivity contribution is 5.96. The molecule has 0 aliphatic heterocycles. The molecule has 0 rings (SSSR count). The predicted octanol–water partition coefficient (Wildman–Crippen LogP) is -3.97. The second-order valence-corrected chi connectivity index (χ2v) is 7.62. The molecule has 4 atom stereocenters. The van der Waals surface area contributed by atoms with Crippen LogP contribution in [0.3, 0.4) is 0 Å². The quantitative estimate of drug-likeness (QED) is 0.118. The van der Waals surface area contributed by atoms with Crippen molar-refractivity contribution in [3.8, 4) is 0 Å². The minimum atomic E-state index is -1.58. The van der Waals surface area contributed by atoms with Gasteiger partial charge in [-0.25, -0.2) is 4.79 Å². The van der Waals surface area contributed by atoms with Gasteiger partial charge in [-0.05, 0) is 18.8 Å². The Morgan fingerprint density at radius 3 is 1.75 bits per heavy atom. The van der Waals surface area contributed by atoms with Gasteiger partial charge in [0.05, 0.1) is 19.1 Å². The van der Waals surface area contributed by atoms with Crippen molar-refractivity contribution in [1.29, 1.82) is 0 Å². The van der Waals surface area contributed by atoms with E-state index in [-0.39, 0.29) is 25.2 Å². The van der Waals surface area contributed by atoms with Crippen molar-refractivity contribution in [2.24, 2.45) is 23.1 Å². The van der Waals surface area contributed by atoms with E-state index in [9.17, 15) is 28.8 Å². The molecule has 0 spiro atoms. The molecule has 0 saturated heterocycles. The lowest BCUT2D eigenvalue weighted by Crippen LogP contribution is -2.58. The zero-order chi connectivity index (χ0) is 25.0. The maximum Gasteiger partial charge on any atom is 0.328 e. The van der Waals surface area contributed by atoms with E-state index < -0.39 is 72.7 Å². The molecule has 0 heterocycles. The van der Waals surface area contributed by atoms with Crippen LogP contribution < -0.4 is 33.2 Å². The van der Waals surface area contributed by atoms with Gasteiger partial charge in [-0.1, -0.05) is 13.8 Å². The monoisotopic (exact) mass is 460 g/mol. The fraction of sp³-hybridized carbons (Fsp3) is 0.667. The van der Waals surface area contributed by atoms with Crippen LogP contribution in [0.5, 0.6) is 0 Å². The van der Waals surface area contributed by atoms with Crippen molar-refractivity contribution >= 4 is 35.5 Å². The summed E-state index contributed by atoms with van der Waals surface area (Å²) in [6.45, 7) is 2.62. The number of carbonyl (C=O) groups is 6. The summed E-state index contributed by atoms with van der Waals surface area (Å²) >= 11 is 0. The van der Waals surface area contributed by atoms with E-state index in [0.717, 1.165) is 0 Å². The van der Waals surface area contributed by atoms with Crippen LogP contribution in [0.1, 0.15) is 39.5 Å². The summed E-state index contributed by atoms with van der Waals surface area (Å²) < 4.78 is 0. The Balaban J connectivity index is 5.41. The summed E-state index contributed by atoms with van der Waals surface area (Å²) in [7, 11) is 0. The molecule has 14 nitrogen and oxygen atoms in total. The van der Waals surface area contributed by atoms with E-state index in [1.165, 1.54) is 0 Å². The van der Waals surface area contributed by atoms with Gasteiger partial charge in [-0.2, -0.15) is 0 Å². The van der Waals surface area contributed by atoms with Gasteiger partial charge in [0, 0.05) is 6.42 Å². The van der Waals surface area contributed by atoms with Crippen LogP contribution in [0.25, 0.3) is 0 Å². The van der Waals surface area contributed by atoms with Gasteiger partial charge in [0.15, 0.2) is 0 Å². The Labute approximate surface area is 184 Å². The fourth-order valence-electron chi connectivity index (χ4n) is 2.55. The number of hydrogen-bond acceptors (Lipinski definition) is 8. The fourth-order valence-corrected chi connectivity index (χ4v) is 2.55. The van der Waals surface area contributed by atoms with Gasteiger partial charge < -0.3 is 43.4 Å². The third kappa shape index (κ3) is 11.2. The molecule has 4 unspecified atom stereocenters. The smallest absolute Gasteiger partial charge is 0.328 e. The van der Waals surface area contributed by atoms with Gasteiger partial charge in [0.2, 0.25) is 29.5 Å². The number of aliphatic carboxylic acids is 1. The van der Waals surface area contributed by atoms with Crippen LogP contribution in [0.2, 0.25) is 0 Å². The average Bonchev–Trinajstić information content (AvgIpc) is 2.67. The van der Waals surface area contributed by atoms with E-state index in [2.05, 4.69) is 16.0 Å². The number of primary amides is 2. The summed E-state index contributed by atoms with van der Waals surface area (Å²) in [6.07, 6.45) is -0.787. The number of nitrogens with two attached hydrogens (primary N) is 3. The topological polar surface area (TPSA) is 257 Å². The van der Waals surface area contributed by atoms with Crippen LogP contribution >= 0.6 is 0 Å². The van der Waals surface area contributed by atoms with Crippen LogP contribution in [0, 0.1) is 5.92 Å².